The Balaban J connectivity index is 1.33. The summed E-state index contributed by atoms with van der Waals surface area (Å²) in [5.41, 5.74) is 1.78. The molecule has 2 fully saturated rings. The first-order chi connectivity index (χ1) is 24.6. The van der Waals surface area contributed by atoms with Crippen LogP contribution in [-0.4, -0.2) is 86.3 Å². The Hall–Kier alpha value is -4.00. The van der Waals surface area contributed by atoms with Crippen LogP contribution in [0.5, 0.6) is 5.75 Å². The molecule has 1 aromatic heterocycles. The maximum atomic E-state index is 14.9. The first kappa shape index (κ1) is 37.7. The molecule has 1 N–H and O–H groups in total. The van der Waals surface area contributed by atoms with E-state index in [0.29, 0.717) is 45.3 Å². The first-order valence-electron chi connectivity index (χ1n) is 17.1. The van der Waals surface area contributed by atoms with Gasteiger partial charge in [0.05, 0.1) is 45.0 Å². The predicted octanol–water partition coefficient (Wildman–Crippen LogP) is 8.41. The van der Waals surface area contributed by atoms with E-state index in [0.717, 1.165) is 12.8 Å². The number of benzene rings is 2. The van der Waals surface area contributed by atoms with E-state index in [-0.39, 0.29) is 60.9 Å². The van der Waals surface area contributed by atoms with Gasteiger partial charge in [-0.3, -0.25) is 9.69 Å². The Morgan fingerprint density at radius 2 is 1.85 bits per heavy atom. The Bertz CT molecular complexity index is 1910. The smallest absolute Gasteiger partial charge is 0.410 e. The SMILES string of the molecule is Cc1ccc(F)c(OCCCc2coc(C3=C(C(=O)N(Cc4cccc(Cl)c4Cl)C4CC4)[C@H]4CN(C(=O)OC(C)(C)C)CC(C3)N4C(=O)O)n2)c1Cl. The number of hydrogen-bond donors (Lipinski definition) is 1. The standard InChI is InChI=1S/C37H40Cl3FN4O7/c1-20-10-13-27(41)32(30(20)39)50-14-6-8-22-19-51-33(42-22)25-15-24-17-43(36(49)52-37(2,3)4)18-28(45(24)35(47)48)29(25)34(46)44(23-11-12-23)16-21-7-5-9-26(38)31(21)40/h5,7,9-10,13,19,23-24,28H,6,8,11-12,14-18H2,1-4H3,(H,47,48)/t24?,28-/m1/s1. The van der Waals surface area contributed by atoms with Gasteiger partial charge in [-0.25, -0.2) is 19.0 Å². The van der Waals surface area contributed by atoms with Gasteiger partial charge in [0.15, 0.2) is 11.6 Å². The van der Waals surface area contributed by atoms with E-state index in [4.69, 9.17) is 53.7 Å². The van der Waals surface area contributed by atoms with Gasteiger partial charge in [0, 0.05) is 37.7 Å². The molecule has 0 spiro atoms. The van der Waals surface area contributed by atoms with Crippen molar-refractivity contribution in [1.29, 1.82) is 0 Å². The van der Waals surface area contributed by atoms with Crippen LogP contribution in [0.3, 0.4) is 0 Å². The van der Waals surface area contributed by atoms with Crippen LogP contribution >= 0.6 is 34.8 Å². The number of aromatic nitrogens is 1. The van der Waals surface area contributed by atoms with Crippen molar-refractivity contribution in [1.82, 2.24) is 19.7 Å². The molecule has 1 unspecified atom stereocenters. The lowest BCUT2D eigenvalue weighted by Crippen LogP contribution is -2.65. The summed E-state index contributed by atoms with van der Waals surface area (Å²) in [4.78, 5) is 50.1. The minimum atomic E-state index is -1.21. The number of nitrogens with zero attached hydrogens (tertiary/aromatic N) is 4. The van der Waals surface area contributed by atoms with Crippen molar-refractivity contribution >= 4 is 58.5 Å². The minimum absolute atomic E-state index is 0.00717. The molecule has 52 heavy (non-hydrogen) atoms. The Morgan fingerprint density at radius 1 is 1.10 bits per heavy atom. The average molecular weight is 778 g/mol. The Kier molecular flexibility index (Phi) is 11.0. The molecule has 15 heteroatoms. The maximum Gasteiger partial charge on any atom is 0.410 e. The molecule has 0 radical (unpaired) electrons. The van der Waals surface area contributed by atoms with Crippen molar-refractivity contribution in [3.05, 3.63) is 85.8 Å². The second kappa shape index (κ2) is 15.2. The van der Waals surface area contributed by atoms with Gasteiger partial charge < -0.3 is 28.8 Å². The molecule has 2 aliphatic heterocycles. The third-order valence-corrected chi connectivity index (χ3v) is 10.6. The fourth-order valence-corrected chi connectivity index (χ4v) is 7.25. The maximum absolute atomic E-state index is 14.9. The summed E-state index contributed by atoms with van der Waals surface area (Å²) in [5, 5.41) is 11.4. The highest BCUT2D eigenvalue weighted by molar-refractivity contribution is 6.42. The van der Waals surface area contributed by atoms with Crippen LogP contribution in [0.15, 0.2) is 46.6 Å². The van der Waals surface area contributed by atoms with E-state index < -0.39 is 41.6 Å². The fraction of sp³-hybridized carbons (Fsp3) is 0.459. The van der Waals surface area contributed by atoms with Crippen molar-refractivity contribution in [3.8, 4) is 5.75 Å². The highest BCUT2D eigenvalue weighted by atomic mass is 35.5. The molecule has 11 nitrogen and oxygen atoms in total. The van der Waals surface area contributed by atoms with E-state index in [1.807, 2.05) is 0 Å². The van der Waals surface area contributed by atoms with Crippen LogP contribution in [0.4, 0.5) is 14.0 Å². The highest BCUT2D eigenvalue weighted by Gasteiger charge is 2.50. The zero-order valence-corrected chi connectivity index (χ0v) is 31.5. The molecule has 2 aromatic carbocycles. The van der Waals surface area contributed by atoms with Crippen molar-refractivity contribution < 1.29 is 37.8 Å². The van der Waals surface area contributed by atoms with Gasteiger partial charge in [-0.1, -0.05) is 53.0 Å². The van der Waals surface area contributed by atoms with Gasteiger partial charge in [0.2, 0.25) is 5.89 Å². The van der Waals surface area contributed by atoms with Gasteiger partial charge in [-0.05, 0) is 76.6 Å². The summed E-state index contributed by atoms with van der Waals surface area (Å²) in [7, 11) is 0. The van der Waals surface area contributed by atoms with Crippen LogP contribution in [0.2, 0.25) is 15.1 Å². The van der Waals surface area contributed by atoms with Crippen LogP contribution in [0.25, 0.3) is 5.57 Å². The van der Waals surface area contributed by atoms with Crippen molar-refractivity contribution in [3.63, 3.8) is 0 Å². The quantitative estimate of drug-likeness (QED) is 0.204. The number of aryl methyl sites for hydroxylation is 2. The van der Waals surface area contributed by atoms with Gasteiger partial charge in [-0.15, -0.1) is 0 Å². The van der Waals surface area contributed by atoms with Crippen LogP contribution in [0.1, 0.15) is 69.2 Å². The molecular formula is C37H40Cl3FN4O7. The summed E-state index contributed by atoms with van der Waals surface area (Å²) >= 11 is 19.1. The van der Waals surface area contributed by atoms with Gasteiger partial charge in [-0.2, -0.15) is 0 Å². The number of rotatable bonds is 10. The second-order valence-electron chi connectivity index (χ2n) is 14.3. The summed E-state index contributed by atoms with van der Waals surface area (Å²) in [6.07, 6.45) is 2.13. The van der Waals surface area contributed by atoms with Crippen LogP contribution in [-0.2, 0) is 22.5 Å². The first-order valence-corrected chi connectivity index (χ1v) is 18.2. The van der Waals surface area contributed by atoms with Crippen LogP contribution < -0.4 is 4.74 Å². The molecule has 3 aliphatic rings. The van der Waals surface area contributed by atoms with E-state index in [1.165, 1.54) is 22.1 Å². The van der Waals surface area contributed by atoms with Crippen LogP contribution in [0, 0.1) is 12.7 Å². The number of ether oxygens (including phenoxy) is 2. The number of piperazine rings is 1. The number of carbonyl (C=O) groups excluding carboxylic acids is 2. The summed E-state index contributed by atoms with van der Waals surface area (Å²) in [6, 6.07) is 6.26. The summed E-state index contributed by atoms with van der Waals surface area (Å²) < 4.78 is 31.6. The molecule has 278 valence electrons. The lowest BCUT2D eigenvalue weighted by Gasteiger charge is -2.49. The number of amides is 3. The average Bonchev–Trinajstić information content (AvgIpc) is 3.81. The minimum Gasteiger partial charge on any atom is -0.489 e. The molecule has 3 amide bonds. The van der Waals surface area contributed by atoms with Gasteiger partial charge in [0.25, 0.3) is 5.91 Å². The van der Waals surface area contributed by atoms with E-state index in [9.17, 15) is 23.9 Å². The number of oxazole rings is 1. The largest absolute Gasteiger partial charge is 0.489 e. The third-order valence-electron chi connectivity index (χ3n) is 9.25. The molecule has 6 rings (SSSR count). The normalized spacial score (nSPS) is 18.8. The molecule has 2 bridgehead atoms. The zero-order chi connectivity index (χ0) is 37.5. The number of carboxylic acid groups (broad SMARTS) is 1. The lowest BCUT2D eigenvalue weighted by molar-refractivity contribution is -0.129. The topological polar surface area (TPSA) is 126 Å². The van der Waals surface area contributed by atoms with E-state index in [1.54, 1.807) is 56.9 Å². The van der Waals surface area contributed by atoms with Crippen molar-refractivity contribution in [2.75, 3.05) is 19.7 Å². The highest BCUT2D eigenvalue weighted by Crippen LogP contribution is 2.42. The number of fused-ring (bicyclic) bond motifs is 2. The van der Waals surface area contributed by atoms with E-state index in [2.05, 4.69) is 0 Å². The van der Waals surface area contributed by atoms with Crippen molar-refractivity contribution in [2.45, 2.75) is 90.1 Å². The molecular weight excluding hydrogens is 738 g/mol. The molecule has 2 atom stereocenters. The molecule has 1 saturated heterocycles. The molecule has 1 saturated carbocycles. The predicted molar refractivity (Wildman–Crippen MR) is 193 cm³/mol. The number of halogens is 4. The third kappa shape index (κ3) is 8.14. The lowest BCUT2D eigenvalue weighted by atomic mass is 9.84. The molecule has 1 aliphatic carbocycles. The molecule has 3 aromatic rings. The zero-order valence-electron chi connectivity index (χ0n) is 29.3. The van der Waals surface area contributed by atoms with Crippen molar-refractivity contribution in [2.24, 2.45) is 0 Å². The molecule has 3 heterocycles. The number of carbonyl (C=O) groups is 3. The number of hydrogen-bond acceptors (Lipinski definition) is 7. The summed E-state index contributed by atoms with van der Waals surface area (Å²) in [6.45, 7) is 7.27. The monoisotopic (exact) mass is 776 g/mol. The second-order valence-corrected chi connectivity index (χ2v) is 15.5. The van der Waals surface area contributed by atoms with Gasteiger partial charge >= 0.3 is 12.2 Å². The Labute approximate surface area is 316 Å². The Morgan fingerprint density at radius 3 is 2.54 bits per heavy atom. The van der Waals surface area contributed by atoms with Gasteiger partial charge in [0.1, 0.15) is 11.9 Å². The fourth-order valence-electron chi connectivity index (χ4n) is 6.66. The van der Waals surface area contributed by atoms with E-state index >= 15 is 0 Å². The summed E-state index contributed by atoms with van der Waals surface area (Å²) in [5.74, 6) is -0.772.